The van der Waals surface area contributed by atoms with Gasteiger partial charge in [-0.25, -0.2) is 0 Å². The average molecular weight is 905 g/mol. The number of para-hydroxylation sites is 5. The van der Waals surface area contributed by atoms with Crippen molar-refractivity contribution in [2.45, 2.75) is 10.8 Å². The molecule has 0 saturated heterocycles. The van der Waals surface area contributed by atoms with E-state index in [1.807, 2.05) is 0 Å². The molecule has 3 aliphatic rings. The van der Waals surface area contributed by atoms with Crippen LogP contribution in [0.5, 0.6) is 0 Å². The van der Waals surface area contributed by atoms with Crippen LogP contribution in [0.15, 0.2) is 271 Å². The van der Waals surface area contributed by atoms with Crippen molar-refractivity contribution in [3.05, 3.63) is 311 Å². The van der Waals surface area contributed by atoms with Crippen molar-refractivity contribution in [3.8, 4) is 22.3 Å². The van der Waals surface area contributed by atoms with Gasteiger partial charge < -0.3 is 14.2 Å². The second kappa shape index (κ2) is 15.2. The van der Waals surface area contributed by atoms with Crippen molar-refractivity contribution in [1.29, 1.82) is 0 Å². The predicted molar refractivity (Wildman–Crippen MR) is 291 cm³/mol. The highest BCUT2D eigenvalue weighted by Gasteiger charge is 2.53. The molecule has 1 aromatic heterocycles. The van der Waals surface area contributed by atoms with Gasteiger partial charge in [-0.3, -0.25) is 0 Å². The Labute approximate surface area is 412 Å². The highest BCUT2D eigenvalue weighted by atomic mass is 16.3. The normalized spacial score (nSPS) is 14.1. The van der Waals surface area contributed by atoms with Gasteiger partial charge in [-0.05, 0) is 116 Å². The lowest BCUT2D eigenvalue weighted by molar-refractivity contribution is 0.669. The van der Waals surface area contributed by atoms with Crippen LogP contribution in [0.25, 0.3) is 44.2 Å². The summed E-state index contributed by atoms with van der Waals surface area (Å²) in [5, 5.41) is 2.18. The molecule has 0 N–H and O–H groups in total. The first-order valence-corrected chi connectivity index (χ1v) is 24.6. The van der Waals surface area contributed by atoms with Crippen LogP contribution < -0.4 is 9.80 Å². The number of anilines is 6. The Bertz CT molecular complexity index is 3990. The largest absolute Gasteiger partial charge is 0.454 e. The van der Waals surface area contributed by atoms with E-state index in [0.717, 1.165) is 44.7 Å². The molecular weight excluding hydrogens is 861 g/mol. The van der Waals surface area contributed by atoms with Gasteiger partial charge in [0.25, 0.3) is 0 Å². The quantitative estimate of drug-likeness (QED) is 0.166. The van der Waals surface area contributed by atoms with E-state index in [2.05, 4.69) is 277 Å². The minimum Gasteiger partial charge on any atom is -0.454 e. The molecular formula is C68H44N2O. The van der Waals surface area contributed by atoms with Gasteiger partial charge in [0.1, 0.15) is 5.58 Å². The zero-order chi connectivity index (χ0) is 46.7. The number of hydrogen-bond donors (Lipinski definition) is 0. The van der Waals surface area contributed by atoms with E-state index >= 15 is 0 Å². The average Bonchev–Trinajstić information content (AvgIpc) is 4.08. The maximum Gasteiger partial charge on any atom is 0.159 e. The fraction of sp³-hybridized carbons (Fsp3) is 0.0294. The Kier molecular flexibility index (Phi) is 8.49. The summed E-state index contributed by atoms with van der Waals surface area (Å²) < 4.78 is 7.03. The molecule has 3 nitrogen and oxygen atoms in total. The van der Waals surface area contributed by atoms with Crippen LogP contribution >= 0.6 is 0 Å². The fourth-order valence-electron chi connectivity index (χ4n) is 13.1. The van der Waals surface area contributed by atoms with Crippen LogP contribution in [-0.4, -0.2) is 0 Å². The second-order valence-electron chi connectivity index (χ2n) is 19.0. The van der Waals surface area contributed by atoms with Crippen molar-refractivity contribution in [2.24, 2.45) is 0 Å². The molecule has 12 aromatic rings. The third kappa shape index (κ3) is 5.32. The zero-order valence-corrected chi connectivity index (χ0v) is 38.7. The highest BCUT2D eigenvalue weighted by molar-refractivity contribution is 6.11. The fourth-order valence-corrected chi connectivity index (χ4v) is 13.1. The zero-order valence-electron chi connectivity index (χ0n) is 38.7. The summed E-state index contributed by atoms with van der Waals surface area (Å²) >= 11 is 0. The van der Waals surface area contributed by atoms with E-state index in [0.29, 0.717) is 0 Å². The third-order valence-electron chi connectivity index (χ3n) is 15.7. The molecule has 0 radical (unpaired) electrons. The number of benzene rings is 11. The standard InChI is InChI=1S/C68H44N2O/c1-4-22-45(23-5-1)67(46-24-6-2-7-25-46)54-32-13-10-28-49(54)50-43-42-48(44-59(50)67)70(63-40-20-31-52-51-29-12-19-41-64(51)71-66(52)63)62-39-21-36-58-65(62)53-30-11-14-33-55(53)68(58)56-34-15-17-37-60(56)69(47-26-8-3-9-27-47)61-38-18-16-35-57(61)68/h1-44H. The Morgan fingerprint density at radius 3 is 1.55 bits per heavy atom. The summed E-state index contributed by atoms with van der Waals surface area (Å²) in [5.41, 5.74) is 22.0. The molecule has 332 valence electrons. The van der Waals surface area contributed by atoms with Crippen LogP contribution in [0.2, 0.25) is 0 Å². The molecule has 15 rings (SSSR count). The lowest BCUT2D eigenvalue weighted by atomic mass is 9.64. The molecule has 0 saturated carbocycles. The molecule has 2 aliphatic carbocycles. The van der Waals surface area contributed by atoms with Crippen molar-refractivity contribution in [2.75, 3.05) is 9.80 Å². The Morgan fingerprint density at radius 2 is 0.845 bits per heavy atom. The van der Waals surface area contributed by atoms with Gasteiger partial charge in [0.15, 0.2) is 5.58 Å². The topological polar surface area (TPSA) is 19.6 Å². The molecule has 3 heteroatoms. The van der Waals surface area contributed by atoms with Crippen molar-refractivity contribution in [1.82, 2.24) is 0 Å². The number of rotatable bonds is 6. The summed E-state index contributed by atoms with van der Waals surface area (Å²) in [5.74, 6) is 0. The number of hydrogen-bond acceptors (Lipinski definition) is 3. The van der Waals surface area contributed by atoms with Crippen LogP contribution in [-0.2, 0) is 10.8 Å². The Balaban J connectivity index is 1.05. The summed E-state index contributed by atoms with van der Waals surface area (Å²) in [7, 11) is 0. The lowest BCUT2D eigenvalue weighted by Crippen LogP contribution is -2.36. The minimum absolute atomic E-state index is 0.586. The van der Waals surface area contributed by atoms with Gasteiger partial charge in [-0.2, -0.15) is 0 Å². The van der Waals surface area contributed by atoms with Gasteiger partial charge in [0.05, 0.1) is 33.6 Å². The van der Waals surface area contributed by atoms with E-state index in [1.165, 1.54) is 78.1 Å². The monoisotopic (exact) mass is 904 g/mol. The predicted octanol–water partition coefficient (Wildman–Crippen LogP) is 17.6. The third-order valence-corrected chi connectivity index (χ3v) is 15.7. The molecule has 0 bridgehead atoms. The van der Waals surface area contributed by atoms with E-state index < -0.39 is 10.8 Å². The Hall–Kier alpha value is -9.18. The second-order valence-corrected chi connectivity index (χ2v) is 19.0. The summed E-state index contributed by atoms with van der Waals surface area (Å²) in [4.78, 5) is 4.95. The van der Waals surface area contributed by atoms with E-state index in [9.17, 15) is 0 Å². The van der Waals surface area contributed by atoms with Gasteiger partial charge in [-0.1, -0.05) is 212 Å². The first kappa shape index (κ1) is 39.8. The van der Waals surface area contributed by atoms with Crippen LogP contribution in [0, 0.1) is 0 Å². The van der Waals surface area contributed by atoms with Crippen LogP contribution in [0.4, 0.5) is 34.1 Å². The molecule has 1 aliphatic heterocycles. The number of fused-ring (bicyclic) bond motifs is 15. The Morgan fingerprint density at radius 1 is 0.338 bits per heavy atom. The molecule has 0 amide bonds. The van der Waals surface area contributed by atoms with E-state index in [-0.39, 0.29) is 0 Å². The van der Waals surface area contributed by atoms with E-state index in [1.54, 1.807) is 0 Å². The van der Waals surface area contributed by atoms with Gasteiger partial charge in [0, 0.05) is 27.7 Å². The molecule has 0 fully saturated rings. The maximum atomic E-state index is 7.03. The van der Waals surface area contributed by atoms with Crippen LogP contribution in [0.3, 0.4) is 0 Å². The molecule has 2 heterocycles. The SMILES string of the molecule is c1ccc(N2c3ccccc3C3(c4ccccc4-c4c(N(c5ccc6c(c5)C(c5ccccc5)(c5ccccc5)c5ccccc5-6)c5cccc6c5oc5ccccc56)cccc43)c3ccccc32)cc1. The van der Waals surface area contributed by atoms with Crippen LogP contribution in [0.1, 0.15) is 44.5 Å². The van der Waals surface area contributed by atoms with Crippen molar-refractivity contribution < 1.29 is 4.42 Å². The minimum atomic E-state index is -0.632. The maximum absolute atomic E-state index is 7.03. The van der Waals surface area contributed by atoms with Crippen molar-refractivity contribution >= 4 is 56.1 Å². The van der Waals surface area contributed by atoms with Gasteiger partial charge in [-0.15, -0.1) is 0 Å². The first-order valence-electron chi connectivity index (χ1n) is 24.6. The lowest BCUT2D eigenvalue weighted by Gasteiger charge is -2.45. The molecule has 0 unspecified atom stereocenters. The summed E-state index contributed by atoms with van der Waals surface area (Å²) in [6.45, 7) is 0. The molecule has 1 spiro atoms. The van der Waals surface area contributed by atoms with Crippen molar-refractivity contribution in [3.63, 3.8) is 0 Å². The summed E-state index contributed by atoms with van der Waals surface area (Å²) in [6, 6.07) is 98.5. The first-order chi connectivity index (χ1) is 35.3. The summed E-state index contributed by atoms with van der Waals surface area (Å²) in [6.07, 6.45) is 0. The highest BCUT2D eigenvalue weighted by Crippen LogP contribution is 2.66. The number of nitrogens with zero attached hydrogens (tertiary/aromatic N) is 2. The van der Waals surface area contributed by atoms with E-state index in [4.69, 9.17) is 4.42 Å². The molecule has 0 atom stereocenters. The van der Waals surface area contributed by atoms with Gasteiger partial charge in [0.2, 0.25) is 0 Å². The molecule has 71 heavy (non-hydrogen) atoms. The van der Waals surface area contributed by atoms with Gasteiger partial charge >= 0.3 is 0 Å². The number of furan rings is 1. The smallest absolute Gasteiger partial charge is 0.159 e. The molecule has 11 aromatic carbocycles.